The molecule has 0 aliphatic rings. The predicted octanol–water partition coefficient (Wildman–Crippen LogP) is 3.96. The number of nitrogens with zero attached hydrogens (tertiary/aromatic N) is 2. The highest BCUT2D eigenvalue weighted by atomic mass is 16.3. The highest BCUT2D eigenvalue weighted by molar-refractivity contribution is 5.79. The van der Waals surface area contributed by atoms with Crippen LogP contribution in [0.3, 0.4) is 0 Å². The standard InChI is InChI=1S/C29H25N3O4/c1-20-8-10-22(11-9-20)19-31-26-7-3-2-6-25(26)28(34)32(29(31)35)23-14-12-21(13-15-23)17-27(33)30-18-24-5-4-16-36-24/h2-16H,17-19H2,1H3,(H,30,33). The Morgan fingerprint density at radius 2 is 1.58 bits per heavy atom. The van der Waals surface area contributed by atoms with Crippen LogP contribution in [-0.4, -0.2) is 15.0 Å². The van der Waals surface area contributed by atoms with Gasteiger partial charge in [-0.05, 0) is 54.4 Å². The molecule has 0 unspecified atom stereocenters. The molecule has 2 aromatic heterocycles. The van der Waals surface area contributed by atoms with Crippen LogP contribution in [0.25, 0.3) is 16.6 Å². The SMILES string of the molecule is Cc1ccc(Cn2c(=O)n(-c3ccc(CC(=O)NCc4ccco4)cc3)c(=O)c3ccccc32)cc1. The molecule has 0 aliphatic heterocycles. The number of fused-ring (bicyclic) bond motifs is 1. The van der Waals surface area contributed by atoms with Gasteiger partial charge in [-0.25, -0.2) is 9.36 Å². The molecule has 2 heterocycles. The molecule has 0 aliphatic carbocycles. The Hall–Kier alpha value is -4.65. The van der Waals surface area contributed by atoms with Crippen molar-refractivity contribution in [3.63, 3.8) is 0 Å². The molecular formula is C29H25N3O4. The van der Waals surface area contributed by atoms with Gasteiger partial charge in [0.1, 0.15) is 5.76 Å². The molecule has 36 heavy (non-hydrogen) atoms. The molecule has 0 atom stereocenters. The molecule has 3 aromatic carbocycles. The molecule has 1 N–H and O–H groups in total. The van der Waals surface area contributed by atoms with Gasteiger partial charge in [0.05, 0.1) is 42.4 Å². The third-order valence-electron chi connectivity index (χ3n) is 6.11. The van der Waals surface area contributed by atoms with Crippen molar-refractivity contribution in [3.05, 3.63) is 134 Å². The second-order valence-corrected chi connectivity index (χ2v) is 8.71. The van der Waals surface area contributed by atoms with E-state index in [4.69, 9.17) is 4.42 Å². The van der Waals surface area contributed by atoms with Crippen LogP contribution < -0.4 is 16.6 Å². The van der Waals surface area contributed by atoms with Gasteiger partial charge >= 0.3 is 5.69 Å². The van der Waals surface area contributed by atoms with Crippen molar-refractivity contribution in [1.82, 2.24) is 14.5 Å². The number of para-hydroxylation sites is 1. The van der Waals surface area contributed by atoms with Crippen molar-refractivity contribution in [1.29, 1.82) is 0 Å². The van der Waals surface area contributed by atoms with Crippen LogP contribution >= 0.6 is 0 Å². The van der Waals surface area contributed by atoms with E-state index in [-0.39, 0.29) is 17.9 Å². The lowest BCUT2D eigenvalue weighted by molar-refractivity contribution is -0.120. The van der Waals surface area contributed by atoms with E-state index in [0.717, 1.165) is 16.7 Å². The number of carbonyl (C=O) groups excluding carboxylic acids is 1. The molecule has 1 amide bonds. The maximum atomic E-state index is 13.6. The first-order valence-corrected chi connectivity index (χ1v) is 11.7. The summed E-state index contributed by atoms with van der Waals surface area (Å²) < 4.78 is 8.04. The minimum absolute atomic E-state index is 0.150. The van der Waals surface area contributed by atoms with E-state index < -0.39 is 5.69 Å². The summed E-state index contributed by atoms with van der Waals surface area (Å²) in [6.45, 7) is 2.67. The van der Waals surface area contributed by atoms with Gasteiger partial charge in [0.25, 0.3) is 5.56 Å². The van der Waals surface area contributed by atoms with Crippen LogP contribution in [0.2, 0.25) is 0 Å². The second kappa shape index (κ2) is 9.92. The van der Waals surface area contributed by atoms with E-state index in [1.807, 2.05) is 37.3 Å². The van der Waals surface area contributed by atoms with Gasteiger partial charge in [0.15, 0.2) is 0 Å². The molecular weight excluding hydrogens is 454 g/mol. The number of hydrogen-bond acceptors (Lipinski definition) is 4. The molecule has 0 spiro atoms. The fourth-order valence-electron chi connectivity index (χ4n) is 4.19. The molecule has 180 valence electrons. The summed E-state index contributed by atoms with van der Waals surface area (Å²) in [5.74, 6) is 0.527. The third kappa shape index (κ3) is 4.77. The maximum Gasteiger partial charge on any atom is 0.336 e. The van der Waals surface area contributed by atoms with Crippen LogP contribution in [0.5, 0.6) is 0 Å². The van der Waals surface area contributed by atoms with Crippen LogP contribution in [-0.2, 0) is 24.3 Å². The van der Waals surface area contributed by atoms with Gasteiger partial charge in [-0.3, -0.25) is 14.2 Å². The Balaban J connectivity index is 1.46. The molecule has 5 aromatic rings. The summed E-state index contributed by atoms with van der Waals surface area (Å²) in [7, 11) is 0. The number of aromatic nitrogens is 2. The molecule has 0 bridgehead atoms. The molecule has 7 nitrogen and oxygen atoms in total. The smallest absolute Gasteiger partial charge is 0.336 e. The average molecular weight is 480 g/mol. The predicted molar refractivity (Wildman–Crippen MR) is 138 cm³/mol. The van der Waals surface area contributed by atoms with E-state index in [1.54, 1.807) is 65.4 Å². The zero-order valence-electron chi connectivity index (χ0n) is 19.8. The van der Waals surface area contributed by atoms with Gasteiger partial charge in [0.2, 0.25) is 5.91 Å². The van der Waals surface area contributed by atoms with Crippen LogP contribution in [0, 0.1) is 6.92 Å². The Morgan fingerprint density at radius 1 is 0.861 bits per heavy atom. The number of nitrogens with one attached hydrogen (secondary N) is 1. The first kappa shape index (κ1) is 23.1. The molecule has 7 heteroatoms. The van der Waals surface area contributed by atoms with Crippen molar-refractivity contribution < 1.29 is 9.21 Å². The van der Waals surface area contributed by atoms with Gasteiger partial charge in [-0.1, -0.05) is 54.1 Å². The molecule has 5 rings (SSSR count). The summed E-state index contributed by atoms with van der Waals surface area (Å²) in [5.41, 5.74) is 3.12. The summed E-state index contributed by atoms with van der Waals surface area (Å²) in [6.07, 6.45) is 1.73. The van der Waals surface area contributed by atoms with E-state index in [1.165, 1.54) is 4.57 Å². The zero-order valence-corrected chi connectivity index (χ0v) is 19.8. The Kier molecular flexibility index (Phi) is 6.36. The first-order valence-electron chi connectivity index (χ1n) is 11.7. The van der Waals surface area contributed by atoms with Crippen LogP contribution in [0.4, 0.5) is 0 Å². The summed E-state index contributed by atoms with van der Waals surface area (Å²) >= 11 is 0. The summed E-state index contributed by atoms with van der Waals surface area (Å²) in [5, 5.41) is 3.27. The number of furan rings is 1. The van der Waals surface area contributed by atoms with E-state index in [9.17, 15) is 14.4 Å². The topological polar surface area (TPSA) is 86.2 Å². The summed E-state index contributed by atoms with van der Waals surface area (Å²) in [4.78, 5) is 39.2. The van der Waals surface area contributed by atoms with Crippen molar-refractivity contribution >= 4 is 16.8 Å². The van der Waals surface area contributed by atoms with Crippen LogP contribution in [0.1, 0.15) is 22.5 Å². The highest BCUT2D eigenvalue weighted by Crippen LogP contribution is 2.14. The maximum absolute atomic E-state index is 13.6. The van der Waals surface area contributed by atoms with Crippen LogP contribution in [0.15, 0.2) is 105 Å². The normalized spacial score (nSPS) is 11.0. The molecule has 0 fully saturated rings. The fraction of sp³-hybridized carbons (Fsp3) is 0.138. The second-order valence-electron chi connectivity index (χ2n) is 8.71. The number of rotatable bonds is 7. The van der Waals surface area contributed by atoms with Gasteiger partial charge < -0.3 is 9.73 Å². The molecule has 0 saturated carbocycles. The van der Waals surface area contributed by atoms with E-state index in [2.05, 4.69) is 5.32 Å². The Bertz CT molecular complexity index is 1630. The monoisotopic (exact) mass is 479 g/mol. The highest BCUT2D eigenvalue weighted by Gasteiger charge is 2.15. The summed E-state index contributed by atoms with van der Waals surface area (Å²) in [6, 6.07) is 25.6. The van der Waals surface area contributed by atoms with E-state index >= 15 is 0 Å². The Labute approximate surface area is 207 Å². The third-order valence-corrected chi connectivity index (χ3v) is 6.11. The first-order chi connectivity index (χ1) is 17.5. The van der Waals surface area contributed by atoms with Gasteiger partial charge in [0, 0.05) is 0 Å². The lowest BCUT2D eigenvalue weighted by Gasteiger charge is -2.15. The minimum atomic E-state index is -0.414. The number of amides is 1. The lowest BCUT2D eigenvalue weighted by Crippen LogP contribution is -2.39. The van der Waals surface area contributed by atoms with Crippen molar-refractivity contribution in [2.45, 2.75) is 26.4 Å². The van der Waals surface area contributed by atoms with Crippen molar-refractivity contribution in [3.8, 4) is 5.69 Å². The number of hydrogen-bond donors (Lipinski definition) is 1. The lowest BCUT2D eigenvalue weighted by atomic mass is 10.1. The zero-order chi connectivity index (χ0) is 25.1. The number of carbonyl (C=O) groups is 1. The minimum Gasteiger partial charge on any atom is -0.467 e. The van der Waals surface area contributed by atoms with E-state index in [0.29, 0.717) is 35.4 Å². The van der Waals surface area contributed by atoms with Gasteiger partial charge in [-0.2, -0.15) is 0 Å². The average Bonchev–Trinajstić information content (AvgIpc) is 3.41. The largest absolute Gasteiger partial charge is 0.467 e. The number of aryl methyl sites for hydroxylation is 1. The Morgan fingerprint density at radius 3 is 2.31 bits per heavy atom. The fourth-order valence-corrected chi connectivity index (χ4v) is 4.19. The number of benzene rings is 3. The van der Waals surface area contributed by atoms with Gasteiger partial charge in [-0.15, -0.1) is 0 Å². The van der Waals surface area contributed by atoms with Crippen molar-refractivity contribution in [2.24, 2.45) is 0 Å². The van der Waals surface area contributed by atoms with Crippen molar-refractivity contribution in [2.75, 3.05) is 0 Å². The molecule has 0 radical (unpaired) electrons. The quantitative estimate of drug-likeness (QED) is 0.383. The molecule has 0 saturated heterocycles.